The highest BCUT2D eigenvalue weighted by molar-refractivity contribution is 6.10. The molecule has 0 radical (unpaired) electrons. The van der Waals surface area contributed by atoms with Gasteiger partial charge in [0.1, 0.15) is 11.2 Å². The summed E-state index contributed by atoms with van der Waals surface area (Å²) in [5.74, 6) is 1.77. The number of hydrogen-bond acceptors (Lipinski definition) is 4. The average molecular weight is 869 g/mol. The molecule has 0 atom stereocenters. The minimum Gasteiger partial charge on any atom is -0.456 e. The van der Waals surface area contributed by atoms with Crippen molar-refractivity contribution in [2.45, 2.75) is 0 Å². The molecule has 5 nitrogen and oxygen atoms in total. The van der Waals surface area contributed by atoms with Crippen molar-refractivity contribution in [2.24, 2.45) is 0 Å². The molecule has 10 aromatic carbocycles. The molecule has 13 rings (SSSR count). The Labute approximate surface area is 392 Å². The van der Waals surface area contributed by atoms with Crippen molar-refractivity contribution in [3.05, 3.63) is 243 Å². The summed E-state index contributed by atoms with van der Waals surface area (Å²) in [6.45, 7) is 0. The van der Waals surface area contributed by atoms with Gasteiger partial charge in [-0.2, -0.15) is 0 Å². The number of hydrogen-bond donors (Lipinski definition) is 0. The molecule has 68 heavy (non-hydrogen) atoms. The molecule has 0 bridgehead atoms. The molecular weight excluding hydrogens is 829 g/mol. The lowest BCUT2D eigenvalue weighted by Gasteiger charge is -2.15. The molecule has 0 aliphatic rings. The predicted molar refractivity (Wildman–Crippen MR) is 279 cm³/mol. The van der Waals surface area contributed by atoms with Crippen LogP contribution in [0.4, 0.5) is 0 Å². The number of para-hydroxylation sites is 3. The maximum Gasteiger partial charge on any atom is 0.164 e. The fourth-order valence-corrected chi connectivity index (χ4v) is 9.73. The molecule has 0 saturated heterocycles. The zero-order valence-electron chi connectivity index (χ0n) is 36.8. The summed E-state index contributed by atoms with van der Waals surface area (Å²) in [4.78, 5) is 15.3. The molecule has 13 aromatic rings. The van der Waals surface area contributed by atoms with Crippen LogP contribution in [0.25, 0.3) is 128 Å². The van der Waals surface area contributed by atoms with Crippen LogP contribution in [0.1, 0.15) is 0 Å². The summed E-state index contributed by atoms with van der Waals surface area (Å²) in [6, 6.07) is 85.2. The van der Waals surface area contributed by atoms with Crippen molar-refractivity contribution >= 4 is 43.7 Å². The Kier molecular flexibility index (Phi) is 9.43. The van der Waals surface area contributed by atoms with E-state index < -0.39 is 0 Å². The van der Waals surface area contributed by atoms with E-state index in [1.54, 1.807) is 0 Å². The van der Waals surface area contributed by atoms with Gasteiger partial charge in [0.2, 0.25) is 0 Å². The van der Waals surface area contributed by atoms with E-state index in [1.165, 1.54) is 21.8 Å². The van der Waals surface area contributed by atoms with Gasteiger partial charge in [0.15, 0.2) is 17.5 Å². The van der Waals surface area contributed by atoms with Gasteiger partial charge in [-0.1, -0.05) is 188 Å². The van der Waals surface area contributed by atoms with Gasteiger partial charge in [-0.25, -0.2) is 15.0 Å². The standard InChI is InChI=1S/C63H40N4O/c1-3-15-41(16-4-1)43-29-31-44(32-30-43)61-64-62(49-22-14-19-45(38-49)42-17-5-2-6-18-42)66-63(65-61)50-34-36-55-54-35-33-47(39-59(54)68-60(55)40-50)46-20-13-21-48(37-46)51-23-7-10-26-56(51)67-57-27-11-8-24-52(57)53-25-9-12-28-58(53)67/h1-40H. The Balaban J connectivity index is 0.877. The first-order chi connectivity index (χ1) is 33.7. The summed E-state index contributed by atoms with van der Waals surface area (Å²) in [7, 11) is 0. The number of rotatable bonds is 8. The SMILES string of the molecule is c1ccc(-c2ccc(-c3nc(-c4cccc(-c5ccccc5)c4)nc(-c4ccc5c(c4)oc4cc(-c6cccc(-c7ccccc7-n7c8ccccc8c8ccccc87)c6)ccc45)n3)cc2)cc1. The van der Waals surface area contributed by atoms with Crippen molar-refractivity contribution in [3.8, 4) is 84.4 Å². The van der Waals surface area contributed by atoms with E-state index in [4.69, 9.17) is 19.4 Å². The third kappa shape index (κ3) is 6.93. The number of aromatic nitrogens is 4. The summed E-state index contributed by atoms with van der Waals surface area (Å²) in [5, 5.41) is 4.58. The second-order valence-electron chi connectivity index (χ2n) is 17.2. The first-order valence-corrected chi connectivity index (χ1v) is 22.9. The molecule has 5 heteroatoms. The maximum absolute atomic E-state index is 6.72. The van der Waals surface area contributed by atoms with E-state index in [1.807, 2.05) is 12.1 Å². The normalized spacial score (nSPS) is 11.5. The number of nitrogens with zero attached hydrogens (tertiary/aromatic N) is 4. The maximum atomic E-state index is 6.72. The summed E-state index contributed by atoms with van der Waals surface area (Å²) < 4.78 is 9.11. The Bertz CT molecular complexity index is 3970. The van der Waals surface area contributed by atoms with Crippen molar-refractivity contribution in [1.82, 2.24) is 19.5 Å². The van der Waals surface area contributed by atoms with Gasteiger partial charge in [-0.15, -0.1) is 0 Å². The zero-order valence-corrected chi connectivity index (χ0v) is 36.8. The van der Waals surface area contributed by atoms with Crippen LogP contribution in [0.3, 0.4) is 0 Å². The van der Waals surface area contributed by atoms with Gasteiger partial charge in [0.05, 0.1) is 16.7 Å². The smallest absolute Gasteiger partial charge is 0.164 e. The third-order valence-electron chi connectivity index (χ3n) is 13.1. The lowest BCUT2D eigenvalue weighted by Crippen LogP contribution is -2.00. The predicted octanol–water partition coefficient (Wildman–Crippen LogP) is 16.5. The van der Waals surface area contributed by atoms with E-state index in [9.17, 15) is 0 Å². The topological polar surface area (TPSA) is 56.7 Å². The molecule has 0 aliphatic carbocycles. The quantitative estimate of drug-likeness (QED) is 0.153. The number of fused-ring (bicyclic) bond motifs is 6. The van der Waals surface area contributed by atoms with Crippen LogP contribution in [-0.4, -0.2) is 19.5 Å². The first-order valence-electron chi connectivity index (χ1n) is 22.9. The van der Waals surface area contributed by atoms with Crippen molar-refractivity contribution in [2.75, 3.05) is 0 Å². The average Bonchev–Trinajstić information content (AvgIpc) is 3.96. The molecule has 3 aromatic heterocycles. The van der Waals surface area contributed by atoms with Gasteiger partial charge in [0.25, 0.3) is 0 Å². The second kappa shape index (κ2) is 16.4. The fourth-order valence-electron chi connectivity index (χ4n) is 9.73. The molecular formula is C63H40N4O. The molecule has 0 fully saturated rings. The van der Waals surface area contributed by atoms with Crippen molar-refractivity contribution in [3.63, 3.8) is 0 Å². The molecule has 0 spiro atoms. The van der Waals surface area contributed by atoms with Crippen molar-refractivity contribution < 1.29 is 4.42 Å². The molecule has 0 aliphatic heterocycles. The van der Waals surface area contributed by atoms with Crippen LogP contribution >= 0.6 is 0 Å². The molecule has 0 N–H and O–H groups in total. The largest absolute Gasteiger partial charge is 0.456 e. The van der Waals surface area contributed by atoms with Gasteiger partial charge in [0, 0.05) is 43.8 Å². The lowest BCUT2D eigenvalue weighted by molar-refractivity contribution is 0.669. The summed E-state index contributed by atoms with van der Waals surface area (Å²) in [6.07, 6.45) is 0. The van der Waals surface area contributed by atoms with E-state index in [0.29, 0.717) is 17.5 Å². The van der Waals surface area contributed by atoms with Crippen LogP contribution in [-0.2, 0) is 0 Å². The van der Waals surface area contributed by atoms with Gasteiger partial charge < -0.3 is 8.98 Å². The molecule has 318 valence electrons. The van der Waals surface area contributed by atoms with Gasteiger partial charge in [-0.05, 0) is 93.5 Å². The van der Waals surface area contributed by atoms with Gasteiger partial charge >= 0.3 is 0 Å². The van der Waals surface area contributed by atoms with Crippen LogP contribution in [0.2, 0.25) is 0 Å². The Morgan fingerprint density at radius 3 is 1.32 bits per heavy atom. The minimum absolute atomic E-state index is 0.572. The van der Waals surface area contributed by atoms with E-state index >= 15 is 0 Å². The zero-order chi connectivity index (χ0) is 45.0. The highest BCUT2D eigenvalue weighted by Gasteiger charge is 2.18. The van der Waals surface area contributed by atoms with E-state index in [-0.39, 0.29) is 0 Å². The Morgan fingerprint density at radius 1 is 0.265 bits per heavy atom. The van der Waals surface area contributed by atoms with Crippen LogP contribution < -0.4 is 0 Å². The van der Waals surface area contributed by atoms with E-state index in [2.05, 4.69) is 235 Å². The lowest BCUT2D eigenvalue weighted by atomic mass is 9.97. The van der Waals surface area contributed by atoms with Crippen LogP contribution in [0, 0.1) is 0 Å². The number of furan rings is 1. The van der Waals surface area contributed by atoms with Crippen molar-refractivity contribution in [1.29, 1.82) is 0 Å². The minimum atomic E-state index is 0.572. The van der Waals surface area contributed by atoms with E-state index in [0.717, 1.165) is 88.8 Å². The molecule has 0 unspecified atom stereocenters. The summed E-state index contributed by atoms with van der Waals surface area (Å²) in [5.41, 5.74) is 16.8. The molecule has 0 amide bonds. The number of benzene rings is 10. The monoisotopic (exact) mass is 868 g/mol. The second-order valence-corrected chi connectivity index (χ2v) is 17.2. The highest BCUT2D eigenvalue weighted by atomic mass is 16.3. The Hall–Kier alpha value is -9.19. The molecule has 0 saturated carbocycles. The highest BCUT2D eigenvalue weighted by Crippen LogP contribution is 2.39. The van der Waals surface area contributed by atoms with Crippen LogP contribution in [0.15, 0.2) is 247 Å². The first kappa shape index (κ1) is 39.2. The van der Waals surface area contributed by atoms with Crippen LogP contribution in [0.5, 0.6) is 0 Å². The van der Waals surface area contributed by atoms with Gasteiger partial charge in [-0.3, -0.25) is 0 Å². The summed E-state index contributed by atoms with van der Waals surface area (Å²) >= 11 is 0. The Morgan fingerprint density at radius 2 is 0.662 bits per heavy atom. The third-order valence-corrected chi connectivity index (χ3v) is 13.1. The molecule has 3 heterocycles. The fraction of sp³-hybridized carbons (Fsp3) is 0.